The van der Waals surface area contributed by atoms with Crippen LogP contribution in [-0.2, 0) is 9.53 Å². The molecule has 1 aliphatic rings. The number of methoxy groups -OCH3 is 1. The van der Waals surface area contributed by atoms with Crippen molar-refractivity contribution in [3.63, 3.8) is 0 Å². The lowest BCUT2D eigenvalue weighted by atomic mass is 10.1. The van der Waals surface area contributed by atoms with Crippen LogP contribution in [0.2, 0.25) is 0 Å². The maximum atomic E-state index is 12.9. The average Bonchev–Trinajstić information content (AvgIpc) is 3.31. The third-order valence-corrected chi connectivity index (χ3v) is 6.35. The predicted molar refractivity (Wildman–Crippen MR) is 112 cm³/mol. The Bertz CT molecular complexity index is 944. The highest BCUT2D eigenvalue weighted by Crippen LogP contribution is 2.33. The van der Waals surface area contributed by atoms with Gasteiger partial charge in [-0.25, -0.2) is 0 Å². The first-order chi connectivity index (χ1) is 13.3. The number of ketones is 1. The number of hydrogen-bond donors (Lipinski definition) is 0. The number of carbonyl (C=O) groups excluding carboxylic acids is 3. The van der Waals surface area contributed by atoms with Crippen molar-refractivity contribution < 1.29 is 19.1 Å². The van der Waals surface area contributed by atoms with E-state index in [0.29, 0.717) is 17.1 Å². The molecule has 3 heterocycles. The summed E-state index contributed by atoms with van der Waals surface area (Å²) < 4.78 is 7.26. The zero-order chi connectivity index (χ0) is 20.4. The van der Waals surface area contributed by atoms with E-state index in [2.05, 4.69) is 0 Å². The number of thioether (sulfide) groups is 1. The van der Waals surface area contributed by atoms with Crippen LogP contribution in [0.15, 0.2) is 28.5 Å². The van der Waals surface area contributed by atoms with Gasteiger partial charge in [-0.2, -0.15) is 0 Å². The molecule has 2 aromatic rings. The maximum Gasteiger partial charge on any atom is 0.293 e. The van der Waals surface area contributed by atoms with Gasteiger partial charge in [-0.15, -0.1) is 11.3 Å². The van der Waals surface area contributed by atoms with Crippen molar-refractivity contribution in [3.05, 3.63) is 50.3 Å². The molecule has 6 nitrogen and oxygen atoms in total. The van der Waals surface area contributed by atoms with Gasteiger partial charge in [0.05, 0.1) is 24.1 Å². The number of thiophene rings is 1. The fraction of sp³-hybridized carbons (Fsp3) is 0.350. The molecule has 1 unspecified atom stereocenters. The molecule has 28 heavy (non-hydrogen) atoms. The molecule has 0 bridgehead atoms. The monoisotopic (exact) mass is 418 g/mol. The number of amides is 2. The van der Waals surface area contributed by atoms with Crippen molar-refractivity contribution in [2.24, 2.45) is 0 Å². The summed E-state index contributed by atoms with van der Waals surface area (Å²) in [7, 11) is 1.64. The summed E-state index contributed by atoms with van der Waals surface area (Å²) in [6, 6.07) is 5.65. The van der Waals surface area contributed by atoms with Gasteiger partial charge in [0, 0.05) is 28.9 Å². The van der Waals surface area contributed by atoms with Gasteiger partial charge in [0.25, 0.3) is 11.1 Å². The number of rotatable bonds is 7. The molecular weight excluding hydrogens is 396 g/mol. The van der Waals surface area contributed by atoms with Crippen LogP contribution in [0.4, 0.5) is 4.79 Å². The van der Waals surface area contributed by atoms with Gasteiger partial charge in [-0.3, -0.25) is 19.3 Å². The standard InChI is InChI=1S/C20H22N2O4S2/c1-12-8-16(14(3)22(12)13(2)11-26-4)17(23)10-21-19(24)18(28-20(21)25)9-15-6-5-7-27-15/h5-9,13H,10-11H2,1-4H3/b18-9-. The number of nitrogens with zero attached hydrogens (tertiary/aromatic N) is 2. The van der Waals surface area contributed by atoms with Crippen molar-refractivity contribution in [3.8, 4) is 0 Å². The van der Waals surface area contributed by atoms with Gasteiger partial charge in [-0.1, -0.05) is 6.07 Å². The molecule has 148 valence electrons. The lowest BCUT2D eigenvalue weighted by Gasteiger charge is -2.18. The first kappa shape index (κ1) is 20.6. The van der Waals surface area contributed by atoms with E-state index in [1.54, 1.807) is 13.2 Å². The van der Waals surface area contributed by atoms with Gasteiger partial charge in [0.2, 0.25) is 0 Å². The summed E-state index contributed by atoms with van der Waals surface area (Å²) in [6.45, 7) is 6.09. The van der Waals surface area contributed by atoms with E-state index >= 15 is 0 Å². The zero-order valence-electron chi connectivity index (χ0n) is 16.2. The second kappa shape index (κ2) is 8.46. The summed E-state index contributed by atoms with van der Waals surface area (Å²) in [5, 5.41) is 1.49. The highest BCUT2D eigenvalue weighted by Gasteiger charge is 2.37. The van der Waals surface area contributed by atoms with Gasteiger partial charge in [0.1, 0.15) is 0 Å². The Balaban J connectivity index is 1.79. The normalized spacial score (nSPS) is 17.0. The number of aromatic nitrogens is 1. The van der Waals surface area contributed by atoms with Crippen LogP contribution in [0.1, 0.15) is 39.6 Å². The minimum absolute atomic E-state index is 0.0810. The molecular formula is C20H22N2O4S2. The fourth-order valence-corrected chi connectivity index (χ4v) is 4.98. The third-order valence-electron chi connectivity index (χ3n) is 4.63. The molecule has 0 saturated carbocycles. The number of ether oxygens (including phenoxy) is 1. The van der Waals surface area contributed by atoms with Gasteiger partial charge < -0.3 is 9.30 Å². The number of imide groups is 1. The summed E-state index contributed by atoms with van der Waals surface area (Å²) in [5.41, 5.74) is 2.28. The highest BCUT2D eigenvalue weighted by molar-refractivity contribution is 8.18. The Hall–Kier alpha value is -2.16. The Labute approximate surface area is 172 Å². The van der Waals surface area contributed by atoms with Crippen LogP contribution in [0, 0.1) is 13.8 Å². The van der Waals surface area contributed by atoms with Crippen LogP contribution in [0.25, 0.3) is 6.08 Å². The molecule has 2 aromatic heterocycles. The lowest BCUT2D eigenvalue weighted by Crippen LogP contribution is -2.33. The molecule has 0 aliphatic carbocycles. The third kappa shape index (κ3) is 3.99. The molecule has 1 saturated heterocycles. The molecule has 0 spiro atoms. The Kier molecular flexibility index (Phi) is 6.22. The van der Waals surface area contributed by atoms with Crippen LogP contribution >= 0.6 is 23.1 Å². The van der Waals surface area contributed by atoms with Crippen molar-refractivity contribution in [1.82, 2.24) is 9.47 Å². The molecule has 3 rings (SSSR count). The van der Waals surface area contributed by atoms with Crippen LogP contribution in [0.5, 0.6) is 0 Å². The maximum absolute atomic E-state index is 12.9. The Morgan fingerprint density at radius 3 is 2.71 bits per heavy atom. The average molecular weight is 419 g/mol. The van der Waals surface area contributed by atoms with E-state index in [4.69, 9.17) is 4.74 Å². The molecule has 0 aromatic carbocycles. The molecule has 1 aliphatic heterocycles. The number of Topliss-reactive ketones (excluding diaryl/α,β-unsaturated/α-hetero) is 1. The van der Waals surface area contributed by atoms with Crippen molar-refractivity contribution in [2.45, 2.75) is 26.8 Å². The summed E-state index contributed by atoms with van der Waals surface area (Å²) in [6.07, 6.45) is 1.69. The largest absolute Gasteiger partial charge is 0.383 e. The van der Waals surface area contributed by atoms with E-state index in [-0.39, 0.29) is 18.4 Å². The van der Waals surface area contributed by atoms with Gasteiger partial charge >= 0.3 is 0 Å². The minimum atomic E-state index is -0.418. The van der Waals surface area contributed by atoms with Crippen LogP contribution in [-0.4, -0.2) is 46.7 Å². The quantitative estimate of drug-likeness (QED) is 0.496. The van der Waals surface area contributed by atoms with E-state index in [1.165, 1.54) is 11.3 Å². The summed E-state index contributed by atoms with van der Waals surface area (Å²) in [4.78, 5) is 40.0. The van der Waals surface area contributed by atoms with Crippen LogP contribution in [0.3, 0.4) is 0 Å². The molecule has 0 N–H and O–H groups in total. The number of aryl methyl sites for hydroxylation is 1. The zero-order valence-corrected chi connectivity index (χ0v) is 17.9. The SMILES string of the molecule is COCC(C)n1c(C)cc(C(=O)CN2C(=O)S/C(=C\c3cccs3)C2=O)c1C. The van der Waals surface area contributed by atoms with Crippen molar-refractivity contribution >= 4 is 46.1 Å². The van der Waals surface area contributed by atoms with E-state index in [9.17, 15) is 14.4 Å². The topological polar surface area (TPSA) is 68.6 Å². The number of hydrogen-bond acceptors (Lipinski definition) is 6. The smallest absolute Gasteiger partial charge is 0.293 e. The first-order valence-corrected chi connectivity index (χ1v) is 10.5. The fourth-order valence-electron chi connectivity index (χ4n) is 3.42. The number of carbonyl (C=O) groups is 3. The summed E-state index contributed by atoms with van der Waals surface area (Å²) >= 11 is 2.36. The second-order valence-electron chi connectivity index (χ2n) is 6.67. The van der Waals surface area contributed by atoms with Crippen molar-refractivity contribution in [2.75, 3.05) is 20.3 Å². The van der Waals surface area contributed by atoms with E-state index in [0.717, 1.165) is 32.9 Å². The minimum Gasteiger partial charge on any atom is -0.383 e. The molecule has 2 amide bonds. The molecule has 8 heteroatoms. The van der Waals surface area contributed by atoms with Gasteiger partial charge in [-0.05, 0) is 56.1 Å². The first-order valence-electron chi connectivity index (χ1n) is 8.83. The van der Waals surface area contributed by atoms with E-state index < -0.39 is 11.1 Å². The Morgan fingerprint density at radius 2 is 2.07 bits per heavy atom. The molecule has 0 radical (unpaired) electrons. The van der Waals surface area contributed by atoms with Crippen LogP contribution < -0.4 is 0 Å². The summed E-state index contributed by atoms with van der Waals surface area (Å²) in [5.74, 6) is -0.665. The highest BCUT2D eigenvalue weighted by atomic mass is 32.2. The molecule has 1 fully saturated rings. The second-order valence-corrected chi connectivity index (χ2v) is 8.64. The van der Waals surface area contributed by atoms with Crippen molar-refractivity contribution in [1.29, 1.82) is 0 Å². The Morgan fingerprint density at radius 1 is 1.32 bits per heavy atom. The molecule has 1 atom stereocenters. The lowest BCUT2D eigenvalue weighted by molar-refractivity contribution is -0.122. The van der Waals surface area contributed by atoms with Gasteiger partial charge in [0.15, 0.2) is 5.78 Å². The predicted octanol–water partition coefficient (Wildman–Crippen LogP) is 4.29. The van der Waals surface area contributed by atoms with E-state index in [1.807, 2.05) is 48.9 Å².